The Hall–Kier alpha value is 0.160. The van der Waals surface area contributed by atoms with E-state index < -0.39 is 10.0 Å². The minimum atomic E-state index is -3.26. The highest BCUT2D eigenvalue weighted by Gasteiger charge is 2.28. The SMILES string of the molecule is CCCOC1CCCN(S(=O)(=O)CCl)C1. The molecule has 1 fully saturated rings. The van der Waals surface area contributed by atoms with Gasteiger partial charge in [-0.05, 0) is 19.3 Å². The van der Waals surface area contributed by atoms with E-state index in [1.54, 1.807) is 0 Å². The lowest BCUT2D eigenvalue weighted by Gasteiger charge is -2.31. The van der Waals surface area contributed by atoms with Crippen LogP contribution in [0.5, 0.6) is 0 Å². The molecule has 0 aliphatic carbocycles. The monoisotopic (exact) mass is 255 g/mol. The first-order valence-electron chi connectivity index (χ1n) is 5.25. The molecule has 4 nitrogen and oxygen atoms in total. The van der Waals surface area contributed by atoms with Gasteiger partial charge in [0, 0.05) is 19.7 Å². The van der Waals surface area contributed by atoms with E-state index in [1.807, 2.05) is 6.92 Å². The van der Waals surface area contributed by atoms with Crippen molar-refractivity contribution >= 4 is 21.6 Å². The van der Waals surface area contributed by atoms with Crippen LogP contribution in [0.25, 0.3) is 0 Å². The first kappa shape index (κ1) is 13.2. The van der Waals surface area contributed by atoms with Crippen molar-refractivity contribution in [3.8, 4) is 0 Å². The van der Waals surface area contributed by atoms with Crippen LogP contribution >= 0.6 is 11.6 Å². The van der Waals surface area contributed by atoms with Crippen LogP contribution in [0, 0.1) is 0 Å². The van der Waals surface area contributed by atoms with Gasteiger partial charge in [0.1, 0.15) is 5.21 Å². The molecule has 0 spiro atoms. The normalized spacial score (nSPS) is 24.3. The summed E-state index contributed by atoms with van der Waals surface area (Å²) in [6.07, 6.45) is 2.79. The van der Waals surface area contributed by atoms with E-state index in [0.29, 0.717) is 19.7 Å². The number of piperidine rings is 1. The number of sulfonamides is 1. The van der Waals surface area contributed by atoms with Gasteiger partial charge in [0.2, 0.25) is 10.0 Å². The molecule has 0 radical (unpaired) electrons. The van der Waals surface area contributed by atoms with Crippen molar-refractivity contribution in [2.75, 3.05) is 24.9 Å². The van der Waals surface area contributed by atoms with E-state index in [9.17, 15) is 8.42 Å². The Bertz CT molecular complexity index is 281. The lowest BCUT2D eigenvalue weighted by Crippen LogP contribution is -2.43. The zero-order valence-corrected chi connectivity index (χ0v) is 10.6. The van der Waals surface area contributed by atoms with Crippen LogP contribution in [0.15, 0.2) is 0 Å². The Balaban J connectivity index is 2.49. The molecule has 0 amide bonds. The second-order valence-corrected chi connectivity index (χ2v) is 6.27. The molecule has 0 N–H and O–H groups in total. The zero-order valence-electron chi connectivity index (χ0n) is 8.99. The highest BCUT2D eigenvalue weighted by molar-refractivity contribution is 7.90. The molecular weight excluding hydrogens is 238 g/mol. The molecule has 1 rings (SSSR count). The second kappa shape index (κ2) is 6.03. The third-order valence-electron chi connectivity index (χ3n) is 2.43. The smallest absolute Gasteiger partial charge is 0.228 e. The minimum absolute atomic E-state index is 0.0386. The molecule has 1 aliphatic heterocycles. The first-order chi connectivity index (χ1) is 7.10. The number of hydrogen-bond acceptors (Lipinski definition) is 3. The molecule has 6 heteroatoms. The standard InChI is InChI=1S/C9H18ClNO3S/c1-2-6-14-9-4-3-5-11(7-9)15(12,13)8-10/h9H,2-8H2,1H3. The fraction of sp³-hybridized carbons (Fsp3) is 1.00. The molecule has 0 bridgehead atoms. The Labute approximate surface area is 96.6 Å². The van der Waals surface area contributed by atoms with Gasteiger partial charge < -0.3 is 4.74 Å². The van der Waals surface area contributed by atoms with Crippen LogP contribution in [0.3, 0.4) is 0 Å². The predicted octanol–water partition coefficient (Wildman–Crippen LogP) is 1.40. The lowest BCUT2D eigenvalue weighted by atomic mass is 10.1. The summed E-state index contributed by atoms with van der Waals surface area (Å²) in [6.45, 7) is 3.76. The molecule has 0 aromatic heterocycles. The van der Waals surface area contributed by atoms with Gasteiger partial charge in [0.15, 0.2) is 0 Å². The highest BCUT2D eigenvalue weighted by atomic mass is 35.5. The van der Waals surface area contributed by atoms with Crippen molar-refractivity contribution in [2.45, 2.75) is 32.3 Å². The van der Waals surface area contributed by atoms with Gasteiger partial charge in [-0.2, -0.15) is 4.31 Å². The summed E-state index contributed by atoms with van der Waals surface area (Å²) in [7, 11) is -3.26. The van der Waals surface area contributed by atoms with E-state index in [2.05, 4.69) is 0 Å². The number of hydrogen-bond donors (Lipinski definition) is 0. The van der Waals surface area contributed by atoms with E-state index >= 15 is 0 Å². The van der Waals surface area contributed by atoms with Crippen LogP contribution in [0.4, 0.5) is 0 Å². The molecule has 90 valence electrons. The van der Waals surface area contributed by atoms with Crippen LogP contribution in [0.2, 0.25) is 0 Å². The van der Waals surface area contributed by atoms with Crippen molar-refractivity contribution in [3.63, 3.8) is 0 Å². The molecule has 1 atom stereocenters. The Morgan fingerprint density at radius 3 is 2.87 bits per heavy atom. The molecule has 1 heterocycles. The largest absolute Gasteiger partial charge is 0.377 e. The van der Waals surface area contributed by atoms with Gasteiger partial charge in [-0.1, -0.05) is 6.92 Å². The molecule has 0 saturated carbocycles. The van der Waals surface area contributed by atoms with Crippen LogP contribution < -0.4 is 0 Å². The van der Waals surface area contributed by atoms with E-state index in [0.717, 1.165) is 19.3 Å². The van der Waals surface area contributed by atoms with Crippen molar-refractivity contribution in [1.29, 1.82) is 0 Å². The van der Waals surface area contributed by atoms with Gasteiger partial charge in [-0.15, -0.1) is 11.6 Å². The number of nitrogens with zero attached hydrogens (tertiary/aromatic N) is 1. The van der Waals surface area contributed by atoms with Gasteiger partial charge in [-0.25, -0.2) is 8.42 Å². The first-order valence-corrected chi connectivity index (χ1v) is 7.40. The molecule has 1 aliphatic rings. The lowest BCUT2D eigenvalue weighted by molar-refractivity contribution is 0.0194. The van der Waals surface area contributed by atoms with Gasteiger partial charge in [0.05, 0.1) is 6.10 Å². The number of alkyl halides is 1. The average molecular weight is 256 g/mol. The van der Waals surface area contributed by atoms with E-state index in [-0.39, 0.29) is 11.3 Å². The summed E-state index contributed by atoms with van der Waals surface area (Å²) >= 11 is 5.41. The summed E-state index contributed by atoms with van der Waals surface area (Å²) in [5.41, 5.74) is 0. The molecule has 1 unspecified atom stereocenters. The summed E-state index contributed by atoms with van der Waals surface area (Å²) in [4.78, 5) is 0. The minimum Gasteiger partial charge on any atom is -0.377 e. The van der Waals surface area contributed by atoms with Crippen LogP contribution in [0.1, 0.15) is 26.2 Å². The van der Waals surface area contributed by atoms with E-state index in [1.165, 1.54) is 4.31 Å². The fourth-order valence-corrected chi connectivity index (χ4v) is 3.00. The van der Waals surface area contributed by atoms with Crippen molar-refractivity contribution < 1.29 is 13.2 Å². The van der Waals surface area contributed by atoms with Crippen molar-refractivity contribution in [2.24, 2.45) is 0 Å². The Kier molecular flexibility index (Phi) is 5.32. The second-order valence-electron chi connectivity index (χ2n) is 3.71. The maximum absolute atomic E-state index is 11.5. The quantitative estimate of drug-likeness (QED) is 0.698. The third kappa shape index (κ3) is 3.90. The molecule has 1 saturated heterocycles. The summed E-state index contributed by atoms with van der Waals surface area (Å²) < 4.78 is 30.0. The number of rotatable bonds is 5. The van der Waals surface area contributed by atoms with Gasteiger partial charge in [-0.3, -0.25) is 0 Å². The van der Waals surface area contributed by atoms with Crippen LogP contribution in [-0.4, -0.2) is 43.7 Å². The predicted molar refractivity (Wildman–Crippen MR) is 60.5 cm³/mol. The van der Waals surface area contributed by atoms with Gasteiger partial charge >= 0.3 is 0 Å². The van der Waals surface area contributed by atoms with Gasteiger partial charge in [0.25, 0.3) is 0 Å². The van der Waals surface area contributed by atoms with Crippen molar-refractivity contribution in [1.82, 2.24) is 4.31 Å². The Morgan fingerprint density at radius 1 is 1.53 bits per heavy atom. The molecule has 0 aromatic carbocycles. The third-order valence-corrected chi connectivity index (χ3v) is 4.65. The topological polar surface area (TPSA) is 46.6 Å². The zero-order chi connectivity index (χ0) is 11.3. The fourth-order valence-electron chi connectivity index (χ4n) is 1.65. The maximum Gasteiger partial charge on any atom is 0.228 e. The maximum atomic E-state index is 11.5. The molecule has 0 aromatic rings. The number of halogens is 1. The van der Waals surface area contributed by atoms with Crippen molar-refractivity contribution in [3.05, 3.63) is 0 Å². The Morgan fingerprint density at radius 2 is 2.27 bits per heavy atom. The average Bonchev–Trinajstić information content (AvgIpc) is 2.27. The molecule has 15 heavy (non-hydrogen) atoms. The molecular formula is C9H18ClNO3S. The van der Waals surface area contributed by atoms with Crippen LogP contribution in [-0.2, 0) is 14.8 Å². The van der Waals surface area contributed by atoms with E-state index in [4.69, 9.17) is 16.3 Å². The summed E-state index contributed by atoms with van der Waals surface area (Å²) in [5, 5.41) is -0.340. The summed E-state index contributed by atoms with van der Waals surface area (Å²) in [6, 6.07) is 0. The summed E-state index contributed by atoms with van der Waals surface area (Å²) in [5.74, 6) is 0. The highest BCUT2D eigenvalue weighted by Crippen LogP contribution is 2.17. The number of ether oxygens (including phenoxy) is 1.